The number of nitro benzene ring substituents is 1. The number of hydrogen-bond donors (Lipinski definition) is 1. The third kappa shape index (κ3) is 11.0. The molecule has 2 N–H and O–H groups in total. The van der Waals surface area contributed by atoms with Gasteiger partial charge in [-0.25, -0.2) is 9.59 Å². The van der Waals surface area contributed by atoms with Crippen LogP contribution < -0.4 is 5.73 Å². The summed E-state index contributed by atoms with van der Waals surface area (Å²) in [7, 11) is 9.00. The predicted molar refractivity (Wildman–Crippen MR) is 204 cm³/mol. The van der Waals surface area contributed by atoms with E-state index in [-0.39, 0.29) is 28.9 Å². The van der Waals surface area contributed by atoms with Gasteiger partial charge in [-0.1, -0.05) is 37.8 Å². The summed E-state index contributed by atoms with van der Waals surface area (Å²) in [4.78, 5) is 64.4. The SMILES string of the molecule is COCCC1(C(=O)N(C)/C(=C\c2ccc(N)cc2)C(=O)OC)CCCC1.COCCC1(C(=O)N(C)/C(=C\c2ccc([N+](=O)[O-])cc2)C(=O)OC)CCCC1. The summed E-state index contributed by atoms with van der Waals surface area (Å²) in [5.74, 6) is -1.38. The van der Waals surface area contributed by atoms with Crippen molar-refractivity contribution in [2.45, 2.75) is 64.2 Å². The van der Waals surface area contributed by atoms with E-state index < -0.39 is 27.7 Å². The van der Waals surface area contributed by atoms with E-state index in [1.807, 2.05) is 0 Å². The Morgan fingerprint density at radius 3 is 1.35 bits per heavy atom. The average Bonchev–Trinajstić information content (AvgIpc) is 3.88. The van der Waals surface area contributed by atoms with Crippen LogP contribution in [0.2, 0.25) is 0 Å². The molecule has 2 aliphatic rings. The fraction of sp³-hybridized carbons (Fsp3) is 0.500. The number of hydrogen-bond acceptors (Lipinski definition) is 11. The number of ether oxygens (including phenoxy) is 4. The van der Waals surface area contributed by atoms with E-state index in [4.69, 9.17) is 24.7 Å². The minimum Gasteiger partial charge on any atom is -0.464 e. The number of esters is 2. The summed E-state index contributed by atoms with van der Waals surface area (Å²) in [5, 5.41) is 10.8. The van der Waals surface area contributed by atoms with Crippen LogP contribution in [-0.2, 0) is 38.1 Å². The molecule has 14 nitrogen and oxygen atoms in total. The molecule has 2 amide bonds. The summed E-state index contributed by atoms with van der Waals surface area (Å²) in [6, 6.07) is 12.8. The van der Waals surface area contributed by atoms with Gasteiger partial charge in [-0.2, -0.15) is 0 Å². The molecule has 0 heterocycles. The number of carbonyl (C=O) groups is 4. The third-order valence-electron chi connectivity index (χ3n) is 10.4. The van der Waals surface area contributed by atoms with E-state index in [1.165, 1.54) is 54.4 Å². The van der Waals surface area contributed by atoms with Gasteiger partial charge >= 0.3 is 11.9 Å². The molecule has 0 bridgehead atoms. The lowest BCUT2D eigenvalue weighted by Crippen LogP contribution is -2.42. The van der Waals surface area contributed by atoms with Gasteiger partial charge in [-0.15, -0.1) is 0 Å². The summed E-state index contributed by atoms with van der Waals surface area (Å²) >= 11 is 0. The van der Waals surface area contributed by atoms with Crippen molar-refractivity contribution in [1.29, 1.82) is 0 Å². The lowest BCUT2D eigenvalue weighted by atomic mass is 9.81. The van der Waals surface area contributed by atoms with Gasteiger partial charge in [0.25, 0.3) is 5.69 Å². The van der Waals surface area contributed by atoms with Crippen molar-refractivity contribution in [2.24, 2.45) is 10.8 Å². The van der Waals surface area contributed by atoms with Crippen molar-refractivity contribution >= 4 is 47.3 Å². The Labute approximate surface area is 317 Å². The summed E-state index contributed by atoms with van der Waals surface area (Å²) in [6.07, 6.45) is 11.5. The van der Waals surface area contributed by atoms with E-state index in [2.05, 4.69) is 0 Å². The Bertz CT molecular complexity index is 1660. The van der Waals surface area contributed by atoms with Gasteiger partial charge in [0.15, 0.2) is 0 Å². The van der Waals surface area contributed by atoms with E-state index in [0.29, 0.717) is 37.3 Å². The maximum atomic E-state index is 13.3. The molecule has 2 fully saturated rings. The molecule has 0 spiro atoms. The zero-order valence-corrected chi connectivity index (χ0v) is 32.3. The van der Waals surface area contributed by atoms with Crippen LogP contribution in [0.1, 0.15) is 75.3 Å². The second-order valence-corrected chi connectivity index (χ2v) is 13.7. The minimum absolute atomic E-state index is 0.0503. The number of nitrogens with zero attached hydrogens (tertiary/aromatic N) is 3. The second-order valence-electron chi connectivity index (χ2n) is 13.7. The molecule has 4 rings (SSSR count). The molecular formula is C40H54N4O10. The van der Waals surface area contributed by atoms with Crippen LogP contribution in [0.15, 0.2) is 59.9 Å². The Hall–Kier alpha value is -5.08. The van der Waals surface area contributed by atoms with Crippen molar-refractivity contribution < 1.29 is 43.0 Å². The number of nitrogen functional groups attached to an aromatic ring is 1. The molecule has 2 saturated carbocycles. The van der Waals surface area contributed by atoms with Crippen LogP contribution in [0, 0.1) is 20.9 Å². The van der Waals surface area contributed by atoms with Gasteiger partial charge < -0.3 is 34.5 Å². The maximum absolute atomic E-state index is 13.3. The largest absolute Gasteiger partial charge is 0.464 e. The quantitative estimate of drug-likeness (QED) is 0.0741. The molecule has 294 valence electrons. The number of carbonyl (C=O) groups excluding carboxylic acids is 4. The van der Waals surface area contributed by atoms with Crippen molar-refractivity contribution in [3.8, 4) is 0 Å². The molecule has 0 saturated heterocycles. The normalized spacial score (nSPS) is 16.1. The van der Waals surface area contributed by atoms with Crippen LogP contribution in [0.4, 0.5) is 11.4 Å². The third-order valence-corrected chi connectivity index (χ3v) is 10.4. The van der Waals surface area contributed by atoms with E-state index in [1.54, 1.807) is 58.7 Å². The summed E-state index contributed by atoms with van der Waals surface area (Å²) in [5.41, 5.74) is 6.91. The molecule has 0 unspecified atom stereocenters. The zero-order valence-electron chi connectivity index (χ0n) is 32.3. The van der Waals surface area contributed by atoms with Crippen LogP contribution in [0.25, 0.3) is 12.2 Å². The fourth-order valence-electron chi connectivity index (χ4n) is 7.17. The minimum atomic E-state index is -0.644. The monoisotopic (exact) mass is 750 g/mol. The first kappa shape index (κ1) is 43.3. The zero-order chi connectivity index (χ0) is 39.9. The molecule has 54 heavy (non-hydrogen) atoms. The number of anilines is 1. The summed E-state index contributed by atoms with van der Waals surface area (Å²) in [6.45, 7) is 0.994. The summed E-state index contributed by atoms with van der Waals surface area (Å²) < 4.78 is 20.2. The van der Waals surface area contributed by atoms with Crippen molar-refractivity contribution in [1.82, 2.24) is 9.80 Å². The molecule has 0 atom stereocenters. The molecule has 0 aromatic heterocycles. The highest BCUT2D eigenvalue weighted by Gasteiger charge is 2.45. The Morgan fingerprint density at radius 2 is 1.04 bits per heavy atom. The smallest absolute Gasteiger partial charge is 0.354 e. The van der Waals surface area contributed by atoms with E-state index >= 15 is 0 Å². The van der Waals surface area contributed by atoms with Gasteiger partial charge in [0, 0.05) is 59.3 Å². The highest BCUT2D eigenvalue weighted by Crippen LogP contribution is 2.44. The lowest BCUT2D eigenvalue weighted by Gasteiger charge is -2.32. The number of nitrogens with two attached hydrogens (primary N) is 1. The molecule has 0 aliphatic heterocycles. The first-order chi connectivity index (χ1) is 25.8. The molecule has 2 aliphatic carbocycles. The van der Waals surface area contributed by atoms with Crippen LogP contribution in [-0.4, -0.2) is 94.2 Å². The standard InChI is InChI=1S/C20H26N2O6.C20H28N2O4/c1-21(19(24)20(12-13-27-2)10-4-5-11-20)17(18(23)28-3)14-15-6-8-16(9-7-15)22(25)26;1-22(19(24)20(12-13-25-2)10-4-5-11-20)17(18(23)26-3)14-15-6-8-16(21)9-7-15/h6-9,14H,4-5,10-13H2,1-3H3;6-9,14H,4-5,10-13,21H2,1-3H3/b2*17-14-. The number of amides is 2. The van der Waals surface area contributed by atoms with E-state index in [9.17, 15) is 29.3 Å². The second kappa shape index (κ2) is 20.4. The molecule has 14 heteroatoms. The number of benzene rings is 2. The number of nitro groups is 1. The highest BCUT2D eigenvalue weighted by atomic mass is 16.6. The van der Waals surface area contributed by atoms with Crippen molar-refractivity contribution in [3.05, 3.63) is 81.2 Å². The predicted octanol–water partition coefficient (Wildman–Crippen LogP) is 6.00. The van der Waals surface area contributed by atoms with Gasteiger partial charge in [0.2, 0.25) is 11.8 Å². The Balaban J connectivity index is 0.000000291. The molecule has 0 radical (unpaired) electrons. The Morgan fingerprint density at radius 1 is 0.685 bits per heavy atom. The highest BCUT2D eigenvalue weighted by molar-refractivity contribution is 6.00. The van der Waals surface area contributed by atoms with Gasteiger partial charge in [0.05, 0.1) is 30.0 Å². The average molecular weight is 751 g/mol. The molecule has 2 aromatic carbocycles. The topological polar surface area (TPSA) is 181 Å². The fourth-order valence-corrected chi connectivity index (χ4v) is 7.17. The lowest BCUT2D eigenvalue weighted by molar-refractivity contribution is -0.384. The number of methoxy groups -OCH3 is 4. The number of rotatable bonds is 15. The van der Waals surface area contributed by atoms with Crippen LogP contribution in [0.3, 0.4) is 0 Å². The van der Waals surface area contributed by atoms with E-state index in [0.717, 1.165) is 56.9 Å². The molecule has 2 aromatic rings. The maximum Gasteiger partial charge on any atom is 0.354 e. The van der Waals surface area contributed by atoms with Gasteiger partial charge in [0.1, 0.15) is 11.4 Å². The first-order valence-electron chi connectivity index (χ1n) is 18.0. The number of non-ortho nitro benzene ring substituents is 1. The van der Waals surface area contributed by atoms with Gasteiger partial charge in [-0.3, -0.25) is 19.7 Å². The van der Waals surface area contributed by atoms with Crippen molar-refractivity contribution in [2.75, 3.05) is 61.5 Å². The Kier molecular flexibility index (Phi) is 16.4. The van der Waals surface area contributed by atoms with Crippen LogP contribution in [0.5, 0.6) is 0 Å². The van der Waals surface area contributed by atoms with Crippen molar-refractivity contribution in [3.63, 3.8) is 0 Å². The molecular weight excluding hydrogens is 696 g/mol. The first-order valence-corrected chi connectivity index (χ1v) is 18.0. The van der Waals surface area contributed by atoms with Gasteiger partial charge in [-0.05, 0) is 86.1 Å². The van der Waals surface area contributed by atoms with Crippen LogP contribution >= 0.6 is 0 Å². The number of likely N-dealkylation sites (N-methyl/N-ethyl adjacent to an activating group) is 2.